The Bertz CT molecular complexity index is 871. The summed E-state index contributed by atoms with van der Waals surface area (Å²) in [4.78, 5) is 36.3. The number of thiazole rings is 1. The number of aromatic nitrogens is 3. The van der Waals surface area contributed by atoms with Crippen molar-refractivity contribution < 1.29 is 4.79 Å². The number of hydrogen-bond donors (Lipinski definition) is 1. The molecule has 2 fully saturated rings. The van der Waals surface area contributed by atoms with E-state index in [4.69, 9.17) is 0 Å². The summed E-state index contributed by atoms with van der Waals surface area (Å²) in [5, 5.41) is 3.92. The van der Waals surface area contributed by atoms with Crippen LogP contribution in [0.15, 0.2) is 11.1 Å². The van der Waals surface area contributed by atoms with Crippen molar-refractivity contribution in [2.75, 3.05) is 18.0 Å². The van der Waals surface area contributed by atoms with E-state index >= 15 is 0 Å². The maximum Gasteiger partial charge on any atom is 0.273 e. The largest absolute Gasteiger partial charge is 0.352 e. The van der Waals surface area contributed by atoms with Gasteiger partial charge in [-0.05, 0) is 31.6 Å². The van der Waals surface area contributed by atoms with Crippen molar-refractivity contribution in [1.82, 2.24) is 19.9 Å². The number of nitrogens with zero attached hydrogens (tertiary/aromatic N) is 4. The topological polar surface area (TPSA) is 80.1 Å². The molecule has 1 atom stereocenters. The molecule has 0 spiro atoms. The van der Waals surface area contributed by atoms with E-state index in [1.165, 1.54) is 35.1 Å². The van der Waals surface area contributed by atoms with E-state index in [1.807, 2.05) is 0 Å². The maximum atomic E-state index is 12.8. The van der Waals surface area contributed by atoms with Gasteiger partial charge in [0.05, 0.1) is 0 Å². The second-order valence-electron chi connectivity index (χ2n) is 7.92. The molecule has 146 valence electrons. The van der Waals surface area contributed by atoms with E-state index in [2.05, 4.69) is 27.1 Å². The molecule has 2 aromatic rings. The number of hydrogen-bond acceptors (Lipinski definition) is 6. The summed E-state index contributed by atoms with van der Waals surface area (Å²) in [6.45, 7) is 4.21. The Balaban J connectivity index is 1.49. The number of carbonyl (C=O) groups is 1. The predicted octanol–water partition coefficient (Wildman–Crippen LogP) is 2.54. The molecule has 4 rings (SSSR count). The van der Waals surface area contributed by atoms with Gasteiger partial charge in [0.25, 0.3) is 5.56 Å². The van der Waals surface area contributed by atoms with Gasteiger partial charge in [0.1, 0.15) is 17.6 Å². The summed E-state index contributed by atoms with van der Waals surface area (Å²) in [6, 6.07) is 0.245. The number of nitrogens with one attached hydrogen (secondary N) is 1. The van der Waals surface area contributed by atoms with Gasteiger partial charge in [-0.15, -0.1) is 0 Å². The van der Waals surface area contributed by atoms with Crippen LogP contribution in [-0.2, 0) is 11.3 Å². The van der Waals surface area contributed by atoms with Gasteiger partial charge in [-0.25, -0.2) is 4.98 Å². The Kier molecular flexibility index (Phi) is 5.43. The zero-order valence-electron chi connectivity index (χ0n) is 15.8. The first-order valence-electron chi connectivity index (χ1n) is 10.0. The molecule has 1 aliphatic carbocycles. The first-order chi connectivity index (χ1) is 13.1. The van der Waals surface area contributed by atoms with Crippen LogP contribution in [0, 0.1) is 5.92 Å². The van der Waals surface area contributed by atoms with Crippen molar-refractivity contribution in [3.05, 3.63) is 16.7 Å². The van der Waals surface area contributed by atoms with Crippen LogP contribution < -0.4 is 15.8 Å². The number of anilines is 1. The minimum absolute atomic E-state index is 0.0201. The van der Waals surface area contributed by atoms with Crippen molar-refractivity contribution in [3.63, 3.8) is 0 Å². The quantitative estimate of drug-likeness (QED) is 0.869. The fourth-order valence-electron chi connectivity index (χ4n) is 4.12. The zero-order chi connectivity index (χ0) is 18.8. The highest BCUT2D eigenvalue weighted by atomic mass is 32.1. The summed E-state index contributed by atoms with van der Waals surface area (Å²) < 4.78 is 1.94. The Morgan fingerprint density at radius 3 is 2.85 bits per heavy atom. The molecule has 0 radical (unpaired) electrons. The van der Waals surface area contributed by atoms with Crippen LogP contribution in [0.5, 0.6) is 0 Å². The summed E-state index contributed by atoms with van der Waals surface area (Å²) in [6.07, 6.45) is 9.48. The lowest BCUT2D eigenvalue weighted by atomic mass is 9.95. The maximum absolute atomic E-state index is 12.8. The second-order valence-corrected chi connectivity index (χ2v) is 8.90. The van der Waals surface area contributed by atoms with E-state index < -0.39 is 0 Å². The molecule has 3 heterocycles. The van der Waals surface area contributed by atoms with Crippen LogP contribution >= 0.6 is 11.3 Å². The van der Waals surface area contributed by atoms with Crippen LogP contribution in [0.25, 0.3) is 10.3 Å². The first kappa shape index (κ1) is 18.4. The molecule has 1 saturated carbocycles. The third-order valence-corrected chi connectivity index (χ3v) is 6.68. The highest BCUT2D eigenvalue weighted by molar-refractivity contribution is 7.22. The molecular formula is C19H27N5O2S. The number of fused-ring (bicyclic) bond motifs is 1. The lowest BCUT2D eigenvalue weighted by molar-refractivity contribution is -0.122. The highest BCUT2D eigenvalue weighted by Crippen LogP contribution is 2.29. The first-order valence-corrected chi connectivity index (χ1v) is 10.8. The molecule has 1 N–H and O–H groups in total. The van der Waals surface area contributed by atoms with Gasteiger partial charge >= 0.3 is 0 Å². The molecular weight excluding hydrogens is 362 g/mol. The fourth-order valence-corrected chi connectivity index (χ4v) is 5.12. The van der Waals surface area contributed by atoms with Crippen LogP contribution in [0.1, 0.15) is 51.9 Å². The van der Waals surface area contributed by atoms with Crippen molar-refractivity contribution in [2.45, 2.75) is 64.5 Å². The second kappa shape index (κ2) is 7.96. The van der Waals surface area contributed by atoms with E-state index in [0.717, 1.165) is 50.3 Å². The van der Waals surface area contributed by atoms with Crippen molar-refractivity contribution in [1.29, 1.82) is 0 Å². The Morgan fingerprint density at radius 2 is 2.07 bits per heavy atom. The number of carbonyl (C=O) groups excluding carboxylic acids is 1. The molecule has 0 bridgehead atoms. The average molecular weight is 390 g/mol. The van der Waals surface area contributed by atoms with Crippen LogP contribution in [0.4, 0.5) is 5.13 Å². The van der Waals surface area contributed by atoms with Gasteiger partial charge in [-0.3, -0.25) is 14.2 Å². The van der Waals surface area contributed by atoms with Gasteiger partial charge in [0.2, 0.25) is 5.91 Å². The monoisotopic (exact) mass is 389 g/mol. The Labute approximate surface area is 162 Å². The summed E-state index contributed by atoms with van der Waals surface area (Å²) in [5.74, 6) is 0.526. The third-order valence-electron chi connectivity index (χ3n) is 5.58. The molecule has 1 saturated heterocycles. The van der Waals surface area contributed by atoms with Crippen molar-refractivity contribution in [2.24, 2.45) is 5.92 Å². The molecule has 27 heavy (non-hydrogen) atoms. The number of piperidine rings is 1. The molecule has 0 aromatic carbocycles. The van der Waals surface area contributed by atoms with Gasteiger partial charge in [0, 0.05) is 19.1 Å². The molecule has 1 aliphatic heterocycles. The fraction of sp³-hybridized carbons (Fsp3) is 0.684. The normalized spacial score (nSPS) is 21.5. The van der Waals surface area contributed by atoms with E-state index in [0.29, 0.717) is 16.3 Å². The van der Waals surface area contributed by atoms with Gasteiger partial charge in [0.15, 0.2) is 10.8 Å². The third kappa shape index (κ3) is 4.15. The standard InChI is InChI=1S/C19H27N5O2S/c1-13-6-5-9-23(10-13)19-22-17-16(27-19)18(26)24(12-20-17)11-15(25)21-14-7-3-2-4-8-14/h12-14H,2-11H2,1H3,(H,21,25). The SMILES string of the molecule is CC1CCCN(c2nc3ncn(CC(=O)NC4CCCCC4)c(=O)c3s2)C1. The lowest BCUT2D eigenvalue weighted by Crippen LogP contribution is -2.39. The van der Waals surface area contributed by atoms with Crippen LogP contribution in [0.2, 0.25) is 0 Å². The van der Waals surface area contributed by atoms with Crippen LogP contribution in [-0.4, -0.2) is 39.6 Å². The van der Waals surface area contributed by atoms with Gasteiger partial charge in [-0.1, -0.05) is 37.5 Å². The lowest BCUT2D eigenvalue weighted by Gasteiger charge is -2.30. The van der Waals surface area contributed by atoms with E-state index in [9.17, 15) is 9.59 Å². The zero-order valence-corrected chi connectivity index (χ0v) is 16.6. The predicted molar refractivity (Wildman–Crippen MR) is 107 cm³/mol. The van der Waals surface area contributed by atoms with Crippen LogP contribution in [0.3, 0.4) is 0 Å². The molecule has 8 heteroatoms. The molecule has 2 aliphatic rings. The average Bonchev–Trinajstić information content (AvgIpc) is 3.10. The molecule has 1 unspecified atom stereocenters. The minimum atomic E-state index is -0.174. The van der Waals surface area contributed by atoms with Crippen molar-refractivity contribution >= 4 is 32.7 Å². The molecule has 1 amide bonds. The highest BCUT2D eigenvalue weighted by Gasteiger charge is 2.22. The van der Waals surface area contributed by atoms with Crippen molar-refractivity contribution in [3.8, 4) is 0 Å². The summed E-state index contributed by atoms with van der Waals surface area (Å²) >= 11 is 1.40. The molecule has 7 nitrogen and oxygen atoms in total. The molecule has 2 aromatic heterocycles. The van der Waals surface area contributed by atoms with E-state index in [1.54, 1.807) is 0 Å². The summed E-state index contributed by atoms with van der Waals surface area (Å²) in [7, 11) is 0. The van der Waals surface area contributed by atoms with Gasteiger partial charge in [-0.2, -0.15) is 4.98 Å². The number of amides is 1. The smallest absolute Gasteiger partial charge is 0.273 e. The summed E-state index contributed by atoms with van der Waals surface area (Å²) in [5.41, 5.74) is 0.315. The Hall–Kier alpha value is -1.96. The van der Waals surface area contributed by atoms with Gasteiger partial charge < -0.3 is 10.2 Å². The minimum Gasteiger partial charge on any atom is -0.352 e. The Morgan fingerprint density at radius 1 is 1.26 bits per heavy atom. The van der Waals surface area contributed by atoms with E-state index in [-0.39, 0.29) is 24.1 Å². The number of rotatable bonds is 4.